The molecule has 0 radical (unpaired) electrons. The summed E-state index contributed by atoms with van der Waals surface area (Å²) in [5.41, 5.74) is -0.0729. The van der Waals surface area contributed by atoms with Crippen molar-refractivity contribution in [3.63, 3.8) is 0 Å². The predicted octanol–water partition coefficient (Wildman–Crippen LogP) is 3.74. The highest BCUT2D eigenvalue weighted by Gasteiger charge is 2.11. The summed E-state index contributed by atoms with van der Waals surface area (Å²) >= 11 is 0. The van der Waals surface area contributed by atoms with Gasteiger partial charge in [0.15, 0.2) is 17.5 Å². The van der Waals surface area contributed by atoms with Crippen LogP contribution in [0.2, 0.25) is 0 Å². The van der Waals surface area contributed by atoms with Gasteiger partial charge in [-0.1, -0.05) is 0 Å². The minimum absolute atomic E-state index is 0.0729. The largest absolute Gasteiger partial charge is 0.492 e. The minimum atomic E-state index is -1.55. The second-order valence-corrected chi connectivity index (χ2v) is 5.16. The predicted molar refractivity (Wildman–Crippen MR) is 81.3 cm³/mol. The van der Waals surface area contributed by atoms with Gasteiger partial charge in [-0.25, -0.2) is 22.0 Å². The molecule has 0 fully saturated rings. The third kappa shape index (κ3) is 5.32. The van der Waals surface area contributed by atoms with Gasteiger partial charge >= 0.3 is 0 Å². The fourth-order valence-electron chi connectivity index (χ4n) is 1.93. The third-order valence-corrected chi connectivity index (χ3v) is 3.31. The van der Waals surface area contributed by atoms with E-state index in [0.29, 0.717) is 13.1 Å². The molecule has 25 heavy (non-hydrogen) atoms. The van der Waals surface area contributed by atoms with Crippen LogP contribution >= 0.6 is 0 Å². The second kappa shape index (κ2) is 8.66. The van der Waals surface area contributed by atoms with Crippen molar-refractivity contribution in [2.75, 3.05) is 26.3 Å². The molecular formula is C17H16F5NO2. The molecule has 0 aliphatic carbocycles. The smallest absolute Gasteiger partial charge is 0.194 e. The van der Waals surface area contributed by atoms with E-state index in [2.05, 4.69) is 5.32 Å². The zero-order valence-electron chi connectivity index (χ0n) is 13.3. The van der Waals surface area contributed by atoms with E-state index in [9.17, 15) is 22.0 Å². The van der Waals surface area contributed by atoms with Crippen LogP contribution < -0.4 is 14.8 Å². The number of rotatable bonds is 8. The number of benzene rings is 2. The van der Waals surface area contributed by atoms with E-state index in [1.807, 2.05) is 0 Å². The Morgan fingerprint density at radius 1 is 0.720 bits per heavy atom. The number of halogens is 5. The summed E-state index contributed by atoms with van der Waals surface area (Å²) in [5.74, 6) is -5.62. The fraction of sp³-hybridized carbons (Fsp3) is 0.294. The van der Waals surface area contributed by atoms with E-state index in [0.717, 1.165) is 24.3 Å². The van der Waals surface area contributed by atoms with Crippen LogP contribution in [0.25, 0.3) is 0 Å². The van der Waals surface area contributed by atoms with E-state index in [1.54, 1.807) is 0 Å². The van der Waals surface area contributed by atoms with Gasteiger partial charge in [0.25, 0.3) is 0 Å². The number of hydrogen-bond donors (Lipinski definition) is 1. The molecular weight excluding hydrogens is 345 g/mol. The van der Waals surface area contributed by atoms with Crippen LogP contribution in [0.4, 0.5) is 22.0 Å². The van der Waals surface area contributed by atoms with Crippen molar-refractivity contribution in [1.29, 1.82) is 0 Å². The SMILES string of the molecule is Cc1c(F)cc(OCCNCCOc2cc(F)c(F)c(F)c2)cc1F. The molecule has 1 N–H and O–H groups in total. The molecule has 136 valence electrons. The Balaban J connectivity index is 1.66. The van der Waals surface area contributed by atoms with Gasteiger partial charge in [0, 0.05) is 42.9 Å². The summed E-state index contributed by atoms with van der Waals surface area (Å²) in [5, 5.41) is 2.91. The van der Waals surface area contributed by atoms with E-state index < -0.39 is 29.1 Å². The molecule has 0 spiro atoms. The summed E-state index contributed by atoms with van der Waals surface area (Å²) in [6.45, 7) is 2.24. The molecule has 2 aromatic carbocycles. The normalized spacial score (nSPS) is 10.8. The first kappa shape index (κ1) is 19.0. The molecule has 0 aliphatic heterocycles. The molecule has 8 heteroatoms. The number of ether oxygens (including phenoxy) is 2. The van der Waals surface area contributed by atoms with Crippen molar-refractivity contribution in [3.05, 3.63) is 58.9 Å². The van der Waals surface area contributed by atoms with Gasteiger partial charge in [0.05, 0.1) is 0 Å². The maximum atomic E-state index is 13.3. The lowest BCUT2D eigenvalue weighted by Crippen LogP contribution is -2.26. The Labute approximate surface area is 141 Å². The highest BCUT2D eigenvalue weighted by molar-refractivity contribution is 5.29. The van der Waals surface area contributed by atoms with Gasteiger partial charge < -0.3 is 14.8 Å². The zero-order chi connectivity index (χ0) is 18.4. The molecule has 3 nitrogen and oxygen atoms in total. The molecule has 0 heterocycles. The Hall–Kier alpha value is -2.35. The van der Waals surface area contributed by atoms with Gasteiger partial charge in [0.1, 0.15) is 36.3 Å². The first-order chi connectivity index (χ1) is 11.9. The van der Waals surface area contributed by atoms with E-state index >= 15 is 0 Å². The van der Waals surface area contributed by atoms with Gasteiger partial charge in [-0.05, 0) is 6.92 Å². The molecule has 0 aromatic heterocycles. The van der Waals surface area contributed by atoms with Crippen LogP contribution in [-0.2, 0) is 0 Å². The standard InChI is InChI=1S/C17H16F5NO2/c1-10-13(18)6-11(7-14(10)19)24-4-2-23-3-5-25-12-8-15(20)17(22)16(21)9-12/h6-9,23H,2-5H2,1H3. The zero-order valence-corrected chi connectivity index (χ0v) is 13.3. The van der Waals surface area contributed by atoms with Gasteiger partial charge in [-0.2, -0.15) is 0 Å². The summed E-state index contributed by atoms with van der Waals surface area (Å²) in [6, 6.07) is 3.70. The van der Waals surface area contributed by atoms with Gasteiger partial charge in [-0.3, -0.25) is 0 Å². The summed E-state index contributed by atoms with van der Waals surface area (Å²) in [7, 11) is 0. The van der Waals surface area contributed by atoms with Crippen molar-refractivity contribution in [2.45, 2.75) is 6.92 Å². The Bertz CT molecular complexity index is 631. The lowest BCUT2D eigenvalue weighted by atomic mass is 10.2. The quantitative estimate of drug-likeness (QED) is 0.441. The molecule has 0 saturated heterocycles. The highest BCUT2D eigenvalue weighted by atomic mass is 19.2. The average molecular weight is 361 g/mol. The summed E-state index contributed by atoms with van der Waals surface area (Å²) < 4.78 is 75.7. The summed E-state index contributed by atoms with van der Waals surface area (Å²) in [6.07, 6.45) is 0. The molecule has 2 aromatic rings. The van der Waals surface area contributed by atoms with Gasteiger partial charge in [0.2, 0.25) is 0 Å². The topological polar surface area (TPSA) is 30.5 Å². The molecule has 0 aliphatic rings. The number of hydrogen-bond acceptors (Lipinski definition) is 3. The van der Waals surface area contributed by atoms with E-state index in [-0.39, 0.29) is 30.3 Å². The van der Waals surface area contributed by atoms with Crippen LogP contribution in [0, 0.1) is 36.0 Å². The maximum absolute atomic E-state index is 13.3. The lowest BCUT2D eigenvalue weighted by molar-refractivity contribution is 0.285. The van der Waals surface area contributed by atoms with Crippen molar-refractivity contribution < 1.29 is 31.4 Å². The maximum Gasteiger partial charge on any atom is 0.194 e. The monoisotopic (exact) mass is 361 g/mol. The van der Waals surface area contributed by atoms with Crippen molar-refractivity contribution in [2.24, 2.45) is 0 Å². The molecule has 0 amide bonds. The molecule has 0 saturated carbocycles. The van der Waals surface area contributed by atoms with Crippen molar-refractivity contribution >= 4 is 0 Å². The van der Waals surface area contributed by atoms with Crippen LogP contribution in [0.15, 0.2) is 24.3 Å². The molecule has 0 atom stereocenters. The van der Waals surface area contributed by atoms with Crippen LogP contribution in [0.1, 0.15) is 5.56 Å². The minimum Gasteiger partial charge on any atom is -0.492 e. The third-order valence-electron chi connectivity index (χ3n) is 3.31. The lowest BCUT2D eigenvalue weighted by Gasteiger charge is -2.10. The fourth-order valence-corrected chi connectivity index (χ4v) is 1.93. The Morgan fingerprint density at radius 3 is 1.56 bits per heavy atom. The Kier molecular flexibility index (Phi) is 6.58. The van der Waals surface area contributed by atoms with Crippen LogP contribution in [0.3, 0.4) is 0 Å². The number of nitrogens with one attached hydrogen (secondary N) is 1. The van der Waals surface area contributed by atoms with Gasteiger partial charge in [-0.15, -0.1) is 0 Å². The van der Waals surface area contributed by atoms with Crippen molar-refractivity contribution in [3.8, 4) is 11.5 Å². The highest BCUT2D eigenvalue weighted by Crippen LogP contribution is 2.20. The van der Waals surface area contributed by atoms with Crippen LogP contribution in [-0.4, -0.2) is 26.3 Å². The van der Waals surface area contributed by atoms with Crippen LogP contribution in [0.5, 0.6) is 11.5 Å². The second-order valence-electron chi connectivity index (χ2n) is 5.16. The van der Waals surface area contributed by atoms with E-state index in [1.165, 1.54) is 6.92 Å². The van der Waals surface area contributed by atoms with Crippen molar-refractivity contribution in [1.82, 2.24) is 5.32 Å². The summed E-state index contributed by atoms with van der Waals surface area (Å²) in [4.78, 5) is 0. The average Bonchev–Trinajstić information content (AvgIpc) is 2.56. The molecule has 2 rings (SSSR count). The molecule has 0 bridgehead atoms. The molecule has 0 unspecified atom stereocenters. The van der Waals surface area contributed by atoms with E-state index in [4.69, 9.17) is 9.47 Å². The first-order valence-electron chi connectivity index (χ1n) is 7.45. The first-order valence-corrected chi connectivity index (χ1v) is 7.45. The Morgan fingerprint density at radius 2 is 1.12 bits per heavy atom.